The largest absolute Gasteiger partial charge is 0.383 e. The van der Waals surface area contributed by atoms with Gasteiger partial charge in [0, 0.05) is 36.4 Å². The third-order valence-electron chi connectivity index (χ3n) is 5.42. The molecule has 29 heavy (non-hydrogen) atoms. The van der Waals surface area contributed by atoms with Crippen LogP contribution in [0.5, 0.6) is 0 Å². The predicted molar refractivity (Wildman–Crippen MR) is 110 cm³/mol. The van der Waals surface area contributed by atoms with Crippen molar-refractivity contribution in [1.82, 2.24) is 34.6 Å². The molecule has 1 saturated heterocycles. The summed E-state index contributed by atoms with van der Waals surface area (Å²) >= 11 is 0. The molecule has 5 heterocycles. The number of H-pyrrole nitrogens is 1. The SMILES string of the molecule is C=CC(=O)N1CCCC(n2nc(-c3cnc4[nH]ccc4c3)c3c(N)ncnc32)C1. The van der Waals surface area contributed by atoms with Gasteiger partial charge in [-0.1, -0.05) is 6.58 Å². The van der Waals surface area contributed by atoms with E-state index in [9.17, 15) is 4.79 Å². The number of hydrogen-bond acceptors (Lipinski definition) is 6. The average Bonchev–Trinajstić information content (AvgIpc) is 3.38. The minimum atomic E-state index is -0.0670. The molecule has 1 aliphatic rings. The highest BCUT2D eigenvalue weighted by atomic mass is 16.2. The first-order valence-electron chi connectivity index (χ1n) is 9.49. The van der Waals surface area contributed by atoms with Crippen LogP contribution < -0.4 is 5.73 Å². The van der Waals surface area contributed by atoms with Crippen molar-refractivity contribution in [3.63, 3.8) is 0 Å². The maximum Gasteiger partial charge on any atom is 0.246 e. The van der Waals surface area contributed by atoms with E-state index in [1.807, 2.05) is 23.0 Å². The molecular formula is C20H20N8O. The molecule has 9 heteroatoms. The smallest absolute Gasteiger partial charge is 0.246 e. The summed E-state index contributed by atoms with van der Waals surface area (Å²) in [5.41, 5.74) is 9.24. The molecule has 5 rings (SSSR count). The number of nitrogen functional groups attached to an aromatic ring is 1. The number of amides is 1. The van der Waals surface area contributed by atoms with Crippen LogP contribution in [0.3, 0.4) is 0 Å². The van der Waals surface area contributed by atoms with E-state index in [4.69, 9.17) is 10.8 Å². The lowest BCUT2D eigenvalue weighted by atomic mass is 10.1. The number of aromatic amines is 1. The number of carbonyl (C=O) groups excluding carboxylic acids is 1. The number of carbonyl (C=O) groups is 1. The number of fused-ring (bicyclic) bond motifs is 2. The minimum absolute atomic E-state index is 0.00199. The molecule has 0 spiro atoms. The van der Waals surface area contributed by atoms with Gasteiger partial charge >= 0.3 is 0 Å². The molecule has 1 fully saturated rings. The number of nitrogens with two attached hydrogens (primary N) is 1. The van der Waals surface area contributed by atoms with Gasteiger partial charge in [0.25, 0.3) is 0 Å². The highest BCUT2D eigenvalue weighted by Crippen LogP contribution is 2.34. The van der Waals surface area contributed by atoms with Crippen LogP contribution in [0.4, 0.5) is 5.82 Å². The summed E-state index contributed by atoms with van der Waals surface area (Å²) in [5.74, 6) is 0.308. The minimum Gasteiger partial charge on any atom is -0.383 e. The van der Waals surface area contributed by atoms with Crippen molar-refractivity contribution in [3.05, 3.63) is 43.5 Å². The zero-order chi connectivity index (χ0) is 20.0. The van der Waals surface area contributed by atoms with Crippen LogP contribution >= 0.6 is 0 Å². The van der Waals surface area contributed by atoms with Gasteiger partial charge < -0.3 is 15.6 Å². The Labute approximate surface area is 166 Å². The highest BCUT2D eigenvalue weighted by Gasteiger charge is 2.28. The molecule has 1 amide bonds. The summed E-state index contributed by atoms with van der Waals surface area (Å²) in [6.45, 7) is 4.88. The van der Waals surface area contributed by atoms with Gasteiger partial charge in [-0.15, -0.1) is 0 Å². The van der Waals surface area contributed by atoms with Gasteiger partial charge in [-0.3, -0.25) is 4.79 Å². The summed E-state index contributed by atoms with van der Waals surface area (Å²) in [7, 11) is 0. The molecule has 1 unspecified atom stereocenters. The van der Waals surface area contributed by atoms with Gasteiger partial charge in [0.05, 0.1) is 11.4 Å². The van der Waals surface area contributed by atoms with Crippen molar-refractivity contribution < 1.29 is 4.79 Å². The molecule has 3 N–H and O–H groups in total. The zero-order valence-corrected chi connectivity index (χ0v) is 15.7. The van der Waals surface area contributed by atoms with E-state index in [1.54, 1.807) is 11.1 Å². The fourth-order valence-corrected chi connectivity index (χ4v) is 4.01. The van der Waals surface area contributed by atoms with Crippen LogP contribution in [-0.2, 0) is 4.79 Å². The number of likely N-dealkylation sites (tertiary alicyclic amines) is 1. The van der Waals surface area contributed by atoms with Gasteiger partial charge in [-0.2, -0.15) is 5.10 Å². The van der Waals surface area contributed by atoms with E-state index in [0.717, 1.165) is 36.0 Å². The lowest BCUT2D eigenvalue weighted by Crippen LogP contribution is -2.40. The number of anilines is 1. The molecule has 9 nitrogen and oxygen atoms in total. The van der Waals surface area contributed by atoms with E-state index < -0.39 is 0 Å². The molecule has 0 aromatic carbocycles. The molecule has 146 valence electrons. The zero-order valence-electron chi connectivity index (χ0n) is 15.7. The van der Waals surface area contributed by atoms with Crippen LogP contribution in [-0.4, -0.2) is 53.6 Å². The highest BCUT2D eigenvalue weighted by molar-refractivity contribution is 5.99. The van der Waals surface area contributed by atoms with Gasteiger partial charge in [-0.05, 0) is 31.1 Å². The third-order valence-corrected chi connectivity index (χ3v) is 5.42. The predicted octanol–water partition coefficient (Wildman–Crippen LogP) is 2.30. The number of nitrogens with zero attached hydrogens (tertiary/aromatic N) is 6. The average molecular weight is 388 g/mol. The van der Waals surface area contributed by atoms with Crippen molar-refractivity contribution in [3.8, 4) is 11.3 Å². The van der Waals surface area contributed by atoms with E-state index in [1.165, 1.54) is 12.4 Å². The first-order chi connectivity index (χ1) is 14.2. The number of pyridine rings is 1. The number of aromatic nitrogens is 6. The van der Waals surface area contributed by atoms with Gasteiger partial charge in [-0.25, -0.2) is 19.6 Å². The molecule has 0 aliphatic carbocycles. The van der Waals surface area contributed by atoms with Crippen LogP contribution in [0, 0.1) is 0 Å². The van der Waals surface area contributed by atoms with Crippen molar-refractivity contribution in [1.29, 1.82) is 0 Å². The molecule has 4 aromatic rings. The summed E-state index contributed by atoms with van der Waals surface area (Å²) in [5, 5.41) is 6.57. The Kier molecular flexibility index (Phi) is 4.01. The van der Waals surface area contributed by atoms with Gasteiger partial charge in [0.1, 0.15) is 23.5 Å². The maximum atomic E-state index is 12.1. The quantitative estimate of drug-likeness (QED) is 0.520. The molecule has 4 aromatic heterocycles. The van der Waals surface area contributed by atoms with E-state index in [-0.39, 0.29) is 11.9 Å². The lowest BCUT2D eigenvalue weighted by Gasteiger charge is -2.32. The Hall–Kier alpha value is -3.75. The normalized spacial score (nSPS) is 17.1. The fraction of sp³-hybridized carbons (Fsp3) is 0.250. The number of piperidine rings is 1. The van der Waals surface area contributed by atoms with E-state index in [0.29, 0.717) is 29.1 Å². The molecule has 0 saturated carbocycles. The molecule has 1 aliphatic heterocycles. The Morgan fingerprint density at radius 1 is 1.34 bits per heavy atom. The fourth-order valence-electron chi connectivity index (χ4n) is 4.01. The van der Waals surface area contributed by atoms with Gasteiger partial charge in [0.2, 0.25) is 5.91 Å². The van der Waals surface area contributed by atoms with Crippen molar-refractivity contribution in [2.24, 2.45) is 0 Å². The molecule has 0 radical (unpaired) electrons. The summed E-state index contributed by atoms with van der Waals surface area (Å²) in [6.07, 6.45) is 8.21. The first-order valence-corrected chi connectivity index (χ1v) is 9.49. The van der Waals surface area contributed by atoms with E-state index in [2.05, 4.69) is 26.5 Å². The topological polar surface area (TPSA) is 119 Å². The number of nitrogens with one attached hydrogen (secondary N) is 1. The van der Waals surface area contributed by atoms with Crippen LogP contribution in [0.2, 0.25) is 0 Å². The number of hydrogen-bond donors (Lipinski definition) is 2. The van der Waals surface area contributed by atoms with Crippen molar-refractivity contribution in [2.75, 3.05) is 18.8 Å². The second kappa shape index (κ2) is 6.69. The summed E-state index contributed by atoms with van der Waals surface area (Å²) in [4.78, 5) is 30.1. The third kappa shape index (κ3) is 2.82. The monoisotopic (exact) mass is 388 g/mol. The molecule has 0 bridgehead atoms. The summed E-state index contributed by atoms with van der Waals surface area (Å²) < 4.78 is 1.88. The number of rotatable bonds is 3. The lowest BCUT2D eigenvalue weighted by molar-refractivity contribution is -0.127. The standard InChI is InChI=1S/C20H20N8O/c1-2-15(29)27-7-3-4-14(10-27)28-20-16(18(21)24-11-25-20)17(26-28)13-8-12-5-6-22-19(12)23-9-13/h2,5-6,8-9,11,14H,1,3-4,7,10H2,(H,22,23)(H2,21,24,25). The second-order valence-corrected chi connectivity index (χ2v) is 7.17. The molecular weight excluding hydrogens is 368 g/mol. The maximum absolute atomic E-state index is 12.1. The summed E-state index contributed by atoms with van der Waals surface area (Å²) in [6, 6.07) is 3.98. The van der Waals surface area contributed by atoms with Crippen LogP contribution in [0.1, 0.15) is 18.9 Å². The Morgan fingerprint density at radius 2 is 2.24 bits per heavy atom. The Morgan fingerprint density at radius 3 is 3.10 bits per heavy atom. The first kappa shape index (κ1) is 17.4. The van der Waals surface area contributed by atoms with Crippen molar-refractivity contribution >= 4 is 33.8 Å². The van der Waals surface area contributed by atoms with Crippen molar-refractivity contribution in [2.45, 2.75) is 18.9 Å². The van der Waals surface area contributed by atoms with Crippen LogP contribution in [0.25, 0.3) is 33.3 Å². The van der Waals surface area contributed by atoms with Crippen LogP contribution in [0.15, 0.2) is 43.5 Å². The second-order valence-electron chi connectivity index (χ2n) is 7.17. The Balaban J connectivity index is 1.64. The molecule has 1 atom stereocenters. The van der Waals surface area contributed by atoms with Gasteiger partial charge in [0.15, 0.2) is 5.65 Å². The van der Waals surface area contributed by atoms with E-state index >= 15 is 0 Å². The Bertz CT molecular complexity index is 1240.